The van der Waals surface area contributed by atoms with Gasteiger partial charge >= 0.3 is 0 Å². The molecule has 2 heterocycles. The van der Waals surface area contributed by atoms with Gasteiger partial charge in [0, 0.05) is 16.2 Å². The molecule has 0 unspecified atom stereocenters. The number of benzene rings is 8. The maximum absolute atomic E-state index is 9.91. The summed E-state index contributed by atoms with van der Waals surface area (Å²) in [5.74, 6) is 1.26. The van der Waals surface area contributed by atoms with Gasteiger partial charge < -0.3 is 4.42 Å². The van der Waals surface area contributed by atoms with Crippen molar-refractivity contribution in [1.82, 2.24) is 9.55 Å². The third-order valence-corrected chi connectivity index (χ3v) is 12.1. The Bertz CT molecular complexity index is 3300. The number of rotatable bonds is 5. The first kappa shape index (κ1) is 35.7. The lowest BCUT2D eigenvalue weighted by Gasteiger charge is -2.25. The van der Waals surface area contributed by atoms with Crippen molar-refractivity contribution in [3.05, 3.63) is 156 Å². The Hall–Kier alpha value is -6.70. The molecular weight excluding hydrogens is 707 g/mol. The van der Waals surface area contributed by atoms with Crippen LogP contribution < -0.4 is 0 Å². The summed E-state index contributed by atoms with van der Waals surface area (Å²) in [7, 11) is 0. The first-order valence-corrected chi connectivity index (χ1v) is 20.4. The Morgan fingerprint density at radius 3 is 1.95 bits per heavy atom. The zero-order valence-electron chi connectivity index (χ0n) is 34.1. The number of para-hydroxylation sites is 1. The van der Waals surface area contributed by atoms with Crippen molar-refractivity contribution >= 4 is 65.3 Å². The van der Waals surface area contributed by atoms with E-state index >= 15 is 0 Å². The fourth-order valence-electron chi connectivity index (χ4n) is 8.95. The topological polar surface area (TPSA) is 54.8 Å². The molecule has 0 atom stereocenters. The molecule has 2 aromatic heterocycles. The molecule has 282 valence electrons. The second-order valence-corrected chi connectivity index (χ2v) is 17.5. The van der Waals surface area contributed by atoms with Crippen molar-refractivity contribution in [3.63, 3.8) is 0 Å². The van der Waals surface area contributed by atoms with Crippen LogP contribution in [0.4, 0.5) is 0 Å². The number of fused-ring (bicyclic) bond motifs is 9. The highest BCUT2D eigenvalue weighted by Crippen LogP contribution is 2.44. The number of nitrogens with zero attached hydrogens (tertiary/aromatic N) is 3. The second kappa shape index (κ2) is 13.2. The van der Waals surface area contributed by atoms with Gasteiger partial charge in [0.05, 0.1) is 33.9 Å². The first-order valence-electron chi connectivity index (χ1n) is 20.4. The molecule has 8 aromatic carbocycles. The van der Waals surface area contributed by atoms with Gasteiger partial charge in [-0.05, 0) is 121 Å². The summed E-state index contributed by atoms with van der Waals surface area (Å²) in [4.78, 5) is 5.57. The molecule has 0 amide bonds. The third kappa shape index (κ3) is 5.60. The van der Waals surface area contributed by atoms with Crippen LogP contribution in [-0.4, -0.2) is 9.55 Å². The van der Waals surface area contributed by atoms with Gasteiger partial charge in [0.15, 0.2) is 0 Å². The molecule has 0 fully saturated rings. The molecule has 58 heavy (non-hydrogen) atoms. The zero-order valence-corrected chi connectivity index (χ0v) is 34.1. The van der Waals surface area contributed by atoms with Crippen LogP contribution in [-0.2, 0) is 5.41 Å². The molecule has 10 rings (SSSR count). The minimum Gasteiger partial charge on any atom is -0.455 e. The molecule has 0 saturated carbocycles. The van der Waals surface area contributed by atoms with Crippen LogP contribution in [0.25, 0.3) is 93.5 Å². The summed E-state index contributed by atoms with van der Waals surface area (Å²) in [5, 5.41) is 18.7. The van der Waals surface area contributed by atoms with Crippen molar-refractivity contribution in [2.75, 3.05) is 0 Å². The van der Waals surface area contributed by atoms with E-state index < -0.39 is 0 Å². The molecule has 0 saturated heterocycles. The quantitative estimate of drug-likeness (QED) is 0.165. The van der Waals surface area contributed by atoms with Crippen LogP contribution in [0.15, 0.2) is 138 Å². The van der Waals surface area contributed by atoms with Gasteiger partial charge in [-0.15, -0.1) is 0 Å². The van der Waals surface area contributed by atoms with Crippen molar-refractivity contribution in [3.8, 4) is 34.3 Å². The fraction of sp³-hybridized carbons (Fsp3) is 0.185. The van der Waals surface area contributed by atoms with E-state index in [1.165, 1.54) is 27.8 Å². The molecule has 0 spiro atoms. The van der Waals surface area contributed by atoms with E-state index in [0.717, 1.165) is 82.4 Å². The van der Waals surface area contributed by atoms with E-state index in [1.807, 2.05) is 18.2 Å². The van der Waals surface area contributed by atoms with Gasteiger partial charge in [0.2, 0.25) is 0 Å². The summed E-state index contributed by atoms with van der Waals surface area (Å²) in [6.07, 6.45) is 0. The first-order chi connectivity index (χ1) is 28.0. The molecule has 0 aliphatic rings. The predicted octanol–water partition coefficient (Wildman–Crippen LogP) is 15.1. The van der Waals surface area contributed by atoms with E-state index in [9.17, 15) is 5.26 Å². The van der Waals surface area contributed by atoms with Crippen molar-refractivity contribution in [2.45, 2.75) is 65.7 Å². The number of furan rings is 1. The van der Waals surface area contributed by atoms with Gasteiger partial charge in [-0.3, -0.25) is 4.57 Å². The molecule has 0 aliphatic carbocycles. The van der Waals surface area contributed by atoms with Gasteiger partial charge in [-0.1, -0.05) is 133 Å². The van der Waals surface area contributed by atoms with E-state index in [1.54, 1.807) is 0 Å². The van der Waals surface area contributed by atoms with Gasteiger partial charge in [-0.2, -0.15) is 5.26 Å². The molecule has 0 radical (unpaired) electrons. The Balaban J connectivity index is 1.33. The average Bonchev–Trinajstić information content (AvgIpc) is 3.80. The number of hydrogen-bond donors (Lipinski definition) is 0. The highest BCUT2D eigenvalue weighted by atomic mass is 16.3. The number of imidazole rings is 1. The van der Waals surface area contributed by atoms with E-state index in [0.29, 0.717) is 5.56 Å². The second-order valence-electron chi connectivity index (χ2n) is 17.5. The van der Waals surface area contributed by atoms with Gasteiger partial charge in [0.25, 0.3) is 0 Å². The molecule has 0 bridgehead atoms. The zero-order chi connectivity index (χ0) is 40.0. The molecular formula is C54H45N3O. The fourth-order valence-corrected chi connectivity index (χ4v) is 8.95. The lowest BCUT2D eigenvalue weighted by Crippen LogP contribution is -2.11. The van der Waals surface area contributed by atoms with Crippen molar-refractivity contribution in [1.29, 1.82) is 5.26 Å². The van der Waals surface area contributed by atoms with Crippen LogP contribution in [0.1, 0.15) is 82.6 Å². The maximum atomic E-state index is 9.91. The van der Waals surface area contributed by atoms with Crippen LogP contribution in [0, 0.1) is 11.3 Å². The summed E-state index contributed by atoms with van der Waals surface area (Å²) in [6, 6.07) is 50.3. The van der Waals surface area contributed by atoms with Crippen molar-refractivity contribution < 1.29 is 4.42 Å². The monoisotopic (exact) mass is 751 g/mol. The Labute approximate surface area is 339 Å². The molecule has 0 N–H and O–H groups in total. The standard InChI is InChI=1S/C54H45N3O/c1-31(2)44-26-38(34-19-22-39(23-20-34)54(5,6)7)27-45(32(3)4)50(44)57-49-29-47-37(18-17-36-16-15-33(30-55)25-46(36)47)28-48(49)56-53(57)43-14-10-13-41-42-24-21-35-11-8-9-12-40(35)51(42)58-52(41)43/h8-29,31-32H,1-7H3. The summed E-state index contributed by atoms with van der Waals surface area (Å²) < 4.78 is 9.40. The summed E-state index contributed by atoms with van der Waals surface area (Å²) in [5.41, 5.74) is 12.7. The normalized spacial score (nSPS) is 12.3. The minimum absolute atomic E-state index is 0.0783. The van der Waals surface area contributed by atoms with E-state index in [-0.39, 0.29) is 17.3 Å². The third-order valence-electron chi connectivity index (χ3n) is 12.1. The SMILES string of the molecule is CC(C)c1cc(-c2ccc(C(C)(C)C)cc2)cc(C(C)C)c1-n1c(-c2cccc3c2oc2c4ccccc4ccc32)nc2cc3ccc4ccc(C#N)cc4c3cc21. The number of hydrogen-bond acceptors (Lipinski definition) is 3. The maximum Gasteiger partial charge on any atom is 0.149 e. The predicted molar refractivity (Wildman–Crippen MR) is 243 cm³/mol. The van der Waals surface area contributed by atoms with Crippen molar-refractivity contribution in [2.24, 2.45) is 0 Å². The Kier molecular flexibility index (Phi) is 8.11. The van der Waals surface area contributed by atoms with Gasteiger partial charge in [0.1, 0.15) is 17.0 Å². The Morgan fingerprint density at radius 1 is 0.586 bits per heavy atom. The van der Waals surface area contributed by atoms with Crippen LogP contribution in [0.3, 0.4) is 0 Å². The number of nitriles is 1. The lowest BCUT2D eigenvalue weighted by atomic mass is 9.85. The average molecular weight is 752 g/mol. The van der Waals surface area contributed by atoms with Crippen LogP contribution in [0.5, 0.6) is 0 Å². The lowest BCUT2D eigenvalue weighted by molar-refractivity contribution is 0.590. The molecule has 4 nitrogen and oxygen atoms in total. The molecule has 0 aliphatic heterocycles. The smallest absolute Gasteiger partial charge is 0.149 e. The van der Waals surface area contributed by atoms with E-state index in [2.05, 4.69) is 174 Å². The largest absolute Gasteiger partial charge is 0.455 e. The van der Waals surface area contributed by atoms with Crippen LogP contribution >= 0.6 is 0 Å². The van der Waals surface area contributed by atoms with Crippen LogP contribution in [0.2, 0.25) is 0 Å². The Morgan fingerprint density at radius 2 is 1.22 bits per heavy atom. The summed E-state index contributed by atoms with van der Waals surface area (Å²) >= 11 is 0. The minimum atomic E-state index is 0.0783. The highest BCUT2D eigenvalue weighted by Gasteiger charge is 2.26. The molecule has 10 aromatic rings. The highest BCUT2D eigenvalue weighted by molar-refractivity contribution is 6.17. The van der Waals surface area contributed by atoms with Gasteiger partial charge in [-0.25, -0.2) is 4.98 Å². The van der Waals surface area contributed by atoms with E-state index in [4.69, 9.17) is 9.40 Å². The summed E-state index contributed by atoms with van der Waals surface area (Å²) in [6.45, 7) is 16.0. The number of aromatic nitrogens is 2. The molecule has 4 heteroatoms.